The standard InChI is InChI=1S/C22H24N4O6/c1-25-8-2-3-16(21(25)29)22(30)26-9-6-14(7-10-26)12-23-19(27)20(28)24-15-4-5-17-18(11-15)32-13-31-17/h2-5,8,11,14H,6-7,9-10,12-13H2,1H3,(H,23,27)(H,24,28). The van der Waals surface area contributed by atoms with Crippen molar-refractivity contribution in [3.63, 3.8) is 0 Å². The number of hydrogen-bond donors (Lipinski definition) is 2. The van der Waals surface area contributed by atoms with Crippen molar-refractivity contribution >= 4 is 23.4 Å². The molecule has 2 aliphatic heterocycles. The van der Waals surface area contributed by atoms with E-state index in [1.807, 2.05) is 0 Å². The number of nitrogens with one attached hydrogen (secondary N) is 2. The first-order valence-electron chi connectivity index (χ1n) is 10.4. The van der Waals surface area contributed by atoms with E-state index in [1.165, 1.54) is 10.6 Å². The molecule has 0 spiro atoms. The maximum atomic E-state index is 12.7. The molecule has 0 unspecified atom stereocenters. The zero-order valence-corrected chi connectivity index (χ0v) is 17.6. The van der Waals surface area contributed by atoms with Crippen LogP contribution in [0.4, 0.5) is 5.69 Å². The first-order chi connectivity index (χ1) is 15.4. The molecule has 2 aliphatic rings. The van der Waals surface area contributed by atoms with E-state index >= 15 is 0 Å². The number of anilines is 1. The highest BCUT2D eigenvalue weighted by Crippen LogP contribution is 2.34. The van der Waals surface area contributed by atoms with E-state index in [-0.39, 0.29) is 29.7 Å². The van der Waals surface area contributed by atoms with Gasteiger partial charge >= 0.3 is 11.8 Å². The number of nitrogens with zero attached hydrogens (tertiary/aromatic N) is 2. The van der Waals surface area contributed by atoms with E-state index in [9.17, 15) is 19.2 Å². The smallest absolute Gasteiger partial charge is 0.313 e. The minimum atomic E-state index is -0.767. The van der Waals surface area contributed by atoms with E-state index < -0.39 is 11.8 Å². The zero-order chi connectivity index (χ0) is 22.7. The molecule has 0 atom stereocenters. The van der Waals surface area contributed by atoms with Crippen LogP contribution < -0.4 is 25.7 Å². The number of rotatable bonds is 4. The Balaban J connectivity index is 1.23. The van der Waals surface area contributed by atoms with Crippen molar-refractivity contribution in [1.29, 1.82) is 0 Å². The Labute approximate surface area is 184 Å². The van der Waals surface area contributed by atoms with Crippen LogP contribution in [0.15, 0.2) is 41.3 Å². The second-order valence-corrected chi connectivity index (χ2v) is 7.81. The summed E-state index contributed by atoms with van der Waals surface area (Å²) in [6, 6.07) is 8.10. The fourth-order valence-corrected chi connectivity index (χ4v) is 3.75. The summed E-state index contributed by atoms with van der Waals surface area (Å²) in [7, 11) is 1.61. The molecule has 1 aromatic carbocycles. The molecule has 10 heteroatoms. The van der Waals surface area contributed by atoms with Crippen molar-refractivity contribution in [3.05, 3.63) is 52.4 Å². The highest BCUT2D eigenvalue weighted by Gasteiger charge is 2.26. The van der Waals surface area contributed by atoms with Crippen molar-refractivity contribution in [1.82, 2.24) is 14.8 Å². The predicted octanol–water partition coefficient (Wildman–Crippen LogP) is 0.721. The highest BCUT2D eigenvalue weighted by atomic mass is 16.7. The third kappa shape index (κ3) is 4.58. The van der Waals surface area contributed by atoms with Gasteiger partial charge in [-0.25, -0.2) is 0 Å². The van der Waals surface area contributed by atoms with Gasteiger partial charge in [0, 0.05) is 44.6 Å². The van der Waals surface area contributed by atoms with Crippen LogP contribution in [0.25, 0.3) is 0 Å². The van der Waals surface area contributed by atoms with Crippen LogP contribution in [0.5, 0.6) is 11.5 Å². The summed E-state index contributed by atoms with van der Waals surface area (Å²) >= 11 is 0. The second-order valence-electron chi connectivity index (χ2n) is 7.81. The van der Waals surface area contributed by atoms with Gasteiger partial charge in [-0.2, -0.15) is 0 Å². The topological polar surface area (TPSA) is 119 Å². The summed E-state index contributed by atoms with van der Waals surface area (Å²) < 4.78 is 11.8. The average molecular weight is 440 g/mol. The summed E-state index contributed by atoms with van der Waals surface area (Å²) in [6.07, 6.45) is 2.95. The number of pyridine rings is 1. The van der Waals surface area contributed by atoms with Crippen LogP contribution in [-0.4, -0.2) is 53.6 Å². The summed E-state index contributed by atoms with van der Waals surface area (Å²) in [5, 5.41) is 5.19. The Morgan fingerprint density at radius 3 is 2.59 bits per heavy atom. The predicted molar refractivity (Wildman–Crippen MR) is 115 cm³/mol. The number of hydrogen-bond acceptors (Lipinski definition) is 6. The Morgan fingerprint density at radius 2 is 1.81 bits per heavy atom. The fourth-order valence-electron chi connectivity index (χ4n) is 3.75. The molecular formula is C22H24N4O6. The number of aryl methyl sites for hydroxylation is 1. The molecule has 3 amide bonds. The first kappa shape index (κ1) is 21.4. The van der Waals surface area contributed by atoms with Crippen LogP contribution in [0.1, 0.15) is 23.2 Å². The number of piperidine rings is 1. The van der Waals surface area contributed by atoms with Crippen molar-refractivity contribution in [2.24, 2.45) is 13.0 Å². The van der Waals surface area contributed by atoms with Gasteiger partial charge in [-0.15, -0.1) is 0 Å². The van der Waals surface area contributed by atoms with Crippen molar-refractivity contribution in [2.75, 3.05) is 31.7 Å². The summed E-state index contributed by atoms with van der Waals surface area (Å²) in [4.78, 5) is 50.8. The Hall–Kier alpha value is -3.82. The molecule has 3 heterocycles. The lowest BCUT2D eigenvalue weighted by atomic mass is 9.96. The Bertz CT molecular complexity index is 1100. The third-order valence-electron chi connectivity index (χ3n) is 5.64. The largest absolute Gasteiger partial charge is 0.454 e. The van der Waals surface area contributed by atoms with E-state index in [4.69, 9.17) is 9.47 Å². The maximum Gasteiger partial charge on any atom is 0.313 e. The summed E-state index contributed by atoms with van der Waals surface area (Å²) in [6.45, 7) is 1.43. The van der Waals surface area contributed by atoms with Crippen LogP contribution in [-0.2, 0) is 16.6 Å². The minimum absolute atomic E-state index is 0.125. The fraction of sp³-hybridized carbons (Fsp3) is 0.364. The summed E-state index contributed by atoms with van der Waals surface area (Å²) in [5.41, 5.74) is 0.274. The van der Waals surface area contributed by atoms with E-state index in [0.717, 1.165) is 0 Å². The molecular weight excluding hydrogens is 416 g/mol. The van der Waals surface area contributed by atoms with Gasteiger partial charge in [0.1, 0.15) is 5.56 Å². The van der Waals surface area contributed by atoms with Crippen LogP contribution in [0.3, 0.4) is 0 Å². The number of fused-ring (bicyclic) bond motifs is 1. The SMILES string of the molecule is Cn1cccc(C(=O)N2CCC(CNC(=O)C(=O)Nc3ccc4c(c3)OCO4)CC2)c1=O. The van der Waals surface area contributed by atoms with Gasteiger partial charge in [0.15, 0.2) is 11.5 Å². The molecule has 1 fully saturated rings. The van der Waals surface area contributed by atoms with E-state index in [2.05, 4.69) is 10.6 Å². The highest BCUT2D eigenvalue weighted by molar-refractivity contribution is 6.39. The first-order valence-corrected chi connectivity index (χ1v) is 10.4. The molecule has 10 nitrogen and oxygen atoms in total. The number of aromatic nitrogens is 1. The number of carbonyl (C=O) groups is 3. The molecule has 168 valence electrons. The quantitative estimate of drug-likeness (QED) is 0.677. The Morgan fingerprint density at radius 1 is 1.06 bits per heavy atom. The van der Waals surface area contributed by atoms with Crippen LogP contribution in [0.2, 0.25) is 0 Å². The van der Waals surface area contributed by atoms with Crippen molar-refractivity contribution < 1.29 is 23.9 Å². The van der Waals surface area contributed by atoms with Crippen LogP contribution in [0, 0.1) is 5.92 Å². The molecule has 1 aromatic heterocycles. The lowest BCUT2D eigenvalue weighted by molar-refractivity contribution is -0.136. The van der Waals surface area contributed by atoms with E-state index in [1.54, 1.807) is 42.4 Å². The van der Waals surface area contributed by atoms with Gasteiger partial charge in [0.25, 0.3) is 11.5 Å². The van der Waals surface area contributed by atoms with Gasteiger partial charge in [-0.05, 0) is 43.0 Å². The lowest BCUT2D eigenvalue weighted by Crippen LogP contribution is -2.44. The average Bonchev–Trinajstić information content (AvgIpc) is 3.27. The van der Waals surface area contributed by atoms with E-state index in [0.29, 0.717) is 49.7 Å². The minimum Gasteiger partial charge on any atom is -0.454 e. The third-order valence-corrected chi connectivity index (χ3v) is 5.64. The molecule has 32 heavy (non-hydrogen) atoms. The summed E-state index contributed by atoms with van der Waals surface area (Å²) in [5.74, 6) is -0.537. The number of likely N-dealkylation sites (tertiary alicyclic amines) is 1. The number of benzene rings is 1. The van der Waals surface area contributed by atoms with Gasteiger partial charge in [0.2, 0.25) is 6.79 Å². The van der Waals surface area contributed by atoms with Crippen LogP contribution >= 0.6 is 0 Å². The monoisotopic (exact) mass is 440 g/mol. The molecule has 0 saturated carbocycles. The number of carbonyl (C=O) groups excluding carboxylic acids is 3. The maximum absolute atomic E-state index is 12.7. The molecule has 2 N–H and O–H groups in total. The van der Waals surface area contributed by atoms with Crippen molar-refractivity contribution in [2.45, 2.75) is 12.8 Å². The number of amides is 3. The Kier molecular flexibility index (Phi) is 6.11. The second kappa shape index (κ2) is 9.13. The molecule has 1 saturated heterocycles. The zero-order valence-electron chi connectivity index (χ0n) is 17.6. The number of ether oxygens (including phenoxy) is 2. The van der Waals surface area contributed by atoms with Gasteiger partial charge < -0.3 is 29.6 Å². The molecule has 0 radical (unpaired) electrons. The lowest BCUT2D eigenvalue weighted by Gasteiger charge is -2.32. The van der Waals surface area contributed by atoms with Gasteiger partial charge in [-0.3, -0.25) is 19.2 Å². The molecule has 0 bridgehead atoms. The molecule has 4 rings (SSSR count). The molecule has 2 aromatic rings. The van der Waals surface area contributed by atoms with Gasteiger partial charge in [0.05, 0.1) is 0 Å². The van der Waals surface area contributed by atoms with Crippen molar-refractivity contribution in [3.8, 4) is 11.5 Å². The molecule has 0 aliphatic carbocycles. The van der Waals surface area contributed by atoms with Gasteiger partial charge in [-0.1, -0.05) is 0 Å². The normalized spacial score (nSPS) is 15.3.